The summed E-state index contributed by atoms with van der Waals surface area (Å²) in [4.78, 5) is 35.2. The monoisotopic (exact) mass is 464 g/mol. The number of carbonyl (C=O) groups is 2. The minimum Gasteiger partial charge on any atom is -0.486 e. The molecule has 1 amide bonds. The first-order chi connectivity index (χ1) is 16.0. The van der Waals surface area contributed by atoms with Gasteiger partial charge in [-0.25, -0.2) is 9.97 Å². The van der Waals surface area contributed by atoms with Crippen molar-refractivity contribution in [3.05, 3.63) is 53.7 Å². The molecule has 0 radical (unpaired) electrons. The second-order valence-electron chi connectivity index (χ2n) is 7.62. The fourth-order valence-corrected chi connectivity index (χ4v) is 3.71. The normalized spacial score (nSPS) is 14.4. The number of benzene rings is 2. The molecule has 1 unspecified atom stereocenters. The van der Waals surface area contributed by atoms with Gasteiger partial charge in [-0.1, -0.05) is 11.6 Å². The average Bonchev–Trinajstić information content (AvgIpc) is 2.84. The van der Waals surface area contributed by atoms with Crippen LogP contribution in [-0.4, -0.2) is 46.3 Å². The number of nitrogens with zero attached hydrogens (tertiary/aromatic N) is 4. The van der Waals surface area contributed by atoms with Crippen LogP contribution >= 0.6 is 11.6 Å². The number of hydrogen-bond donors (Lipinski definition) is 0. The van der Waals surface area contributed by atoms with Crippen molar-refractivity contribution in [2.45, 2.75) is 19.3 Å². The molecular weight excluding hydrogens is 444 g/mol. The van der Waals surface area contributed by atoms with Crippen LogP contribution in [0.25, 0.3) is 11.0 Å². The van der Waals surface area contributed by atoms with Gasteiger partial charge in [0.25, 0.3) is 0 Å². The van der Waals surface area contributed by atoms with Crippen molar-refractivity contribution in [3.8, 4) is 23.4 Å². The molecule has 1 atom stereocenters. The van der Waals surface area contributed by atoms with Crippen LogP contribution in [0.4, 0.5) is 0 Å². The summed E-state index contributed by atoms with van der Waals surface area (Å²) in [6, 6.07) is 13.6. The van der Waals surface area contributed by atoms with Crippen molar-refractivity contribution in [1.82, 2.24) is 14.9 Å². The lowest BCUT2D eigenvalue weighted by Gasteiger charge is -2.27. The van der Waals surface area contributed by atoms with Gasteiger partial charge in [-0.05, 0) is 61.7 Å². The standard InChI is InChI=1S/C24H21ClN4O4/c25-16-4-9-20-21(12-16)27-14-23(28-20)33-18-7-5-17(6-8-18)32-15-22(30)19(13-26)24(31)29-10-2-1-3-11-29/h4-9,12,14,19H,1-3,10-11,15H2. The van der Waals surface area contributed by atoms with Crippen LogP contribution in [0.5, 0.6) is 17.4 Å². The lowest BCUT2D eigenvalue weighted by Crippen LogP contribution is -2.42. The van der Waals surface area contributed by atoms with E-state index < -0.39 is 17.6 Å². The molecule has 0 N–H and O–H groups in total. The van der Waals surface area contributed by atoms with Gasteiger partial charge in [0, 0.05) is 18.1 Å². The number of rotatable bonds is 7. The lowest BCUT2D eigenvalue weighted by atomic mass is 10.0. The van der Waals surface area contributed by atoms with E-state index in [1.54, 1.807) is 47.4 Å². The van der Waals surface area contributed by atoms with Crippen molar-refractivity contribution in [3.63, 3.8) is 0 Å². The first-order valence-corrected chi connectivity index (χ1v) is 11.0. The highest BCUT2D eigenvalue weighted by Gasteiger charge is 2.31. The smallest absolute Gasteiger partial charge is 0.247 e. The highest BCUT2D eigenvalue weighted by Crippen LogP contribution is 2.24. The van der Waals surface area contributed by atoms with Gasteiger partial charge in [0.15, 0.2) is 11.7 Å². The number of aromatic nitrogens is 2. The second kappa shape index (κ2) is 10.3. The molecule has 1 aliphatic heterocycles. The predicted octanol–water partition coefficient (Wildman–Crippen LogP) is 4.18. The zero-order valence-corrected chi connectivity index (χ0v) is 18.5. The van der Waals surface area contributed by atoms with Crippen LogP contribution < -0.4 is 9.47 Å². The number of halogens is 1. The zero-order chi connectivity index (χ0) is 23.2. The number of piperidine rings is 1. The minimum atomic E-state index is -1.34. The number of fused-ring (bicyclic) bond motifs is 1. The molecule has 1 saturated heterocycles. The van der Waals surface area contributed by atoms with Gasteiger partial charge in [-0.15, -0.1) is 0 Å². The van der Waals surface area contributed by atoms with E-state index in [0.717, 1.165) is 19.3 Å². The molecule has 3 aromatic rings. The summed E-state index contributed by atoms with van der Waals surface area (Å²) < 4.78 is 11.2. The van der Waals surface area contributed by atoms with E-state index in [4.69, 9.17) is 21.1 Å². The third kappa shape index (κ3) is 5.57. The highest BCUT2D eigenvalue weighted by molar-refractivity contribution is 6.31. The number of Topliss-reactive ketones (excluding diaryl/α,β-unsaturated/α-hetero) is 1. The van der Waals surface area contributed by atoms with Gasteiger partial charge in [0.05, 0.1) is 23.3 Å². The van der Waals surface area contributed by atoms with Crippen molar-refractivity contribution in [1.29, 1.82) is 5.26 Å². The Kier molecular flexibility index (Phi) is 7.01. The summed E-state index contributed by atoms with van der Waals surface area (Å²) >= 11 is 5.96. The number of carbonyl (C=O) groups excluding carboxylic acids is 2. The molecule has 1 aromatic heterocycles. The number of ether oxygens (including phenoxy) is 2. The van der Waals surface area contributed by atoms with Crippen molar-refractivity contribution >= 4 is 34.3 Å². The molecule has 1 aliphatic rings. The van der Waals surface area contributed by atoms with Crippen LogP contribution in [0, 0.1) is 17.2 Å². The lowest BCUT2D eigenvalue weighted by molar-refractivity contribution is -0.140. The molecule has 0 aliphatic carbocycles. The summed E-state index contributed by atoms with van der Waals surface area (Å²) in [7, 11) is 0. The van der Waals surface area contributed by atoms with Gasteiger partial charge in [0.1, 0.15) is 18.1 Å². The molecular formula is C24H21ClN4O4. The summed E-state index contributed by atoms with van der Waals surface area (Å²) in [5.41, 5.74) is 1.32. The maximum atomic E-state index is 12.5. The fourth-order valence-electron chi connectivity index (χ4n) is 3.54. The van der Waals surface area contributed by atoms with E-state index in [1.165, 1.54) is 6.20 Å². The minimum absolute atomic E-state index is 0.321. The molecule has 2 aromatic carbocycles. The Bertz CT molecular complexity index is 1200. The molecule has 4 rings (SSSR count). The molecule has 8 nitrogen and oxygen atoms in total. The number of likely N-dealkylation sites (tertiary alicyclic amines) is 1. The van der Waals surface area contributed by atoms with Gasteiger partial charge in [-0.3, -0.25) is 9.59 Å². The zero-order valence-electron chi connectivity index (χ0n) is 17.7. The molecule has 168 valence electrons. The largest absolute Gasteiger partial charge is 0.486 e. The van der Waals surface area contributed by atoms with Crippen LogP contribution in [0.1, 0.15) is 19.3 Å². The fraction of sp³-hybridized carbons (Fsp3) is 0.292. The van der Waals surface area contributed by atoms with Gasteiger partial charge in [0.2, 0.25) is 11.8 Å². The van der Waals surface area contributed by atoms with Crippen LogP contribution in [0.15, 0.2) is 48.7 Å². The topological polar surface area (TPSA) is 105 Å². The van der Waals surface area contributed by atoms with Crippen molar-refractivity contribution < 1.29 is 19.1 Å². The van der Waals surface area contributed by atoms with Crippen LogP contribution in [0.3, 0.4) is 0 Å². The Labute approximate surface area is 195 Å². The summed E-state index contributed by atoms with van der Waals surface area (Å²) in [5, 5.41) is 9.92. The van der Waals surface area contributed by atoms with Crippen LogP contribution in [0.2, 0.25) is 5.02 Å². The molecule has 1 fully saturated rings. The number of hydrogen-bond acceptors (Lipinski definition) is 7. The Morgan fingerprint density at radius 3 is 2.52 bits per heavy atom. The summed E-state index contributed by atoms with van der Waals surface area (Å²) in [6.45, 7) is 0.806. The second-order valence-corrected chi connectivity index (χ2v) is 8.05. The van der Waals surface area contributed by atoms with Crippen molar-refractivity contribution in [2.75, 3.05) is 19.7 Å². The maximum Gasteiger partial charge on any atom is 0.247 e. The third-order valence-electron chi connectivity index (χ3n) is 5.28. The Balaban J connectivity index is 1.33. The van der Waals surface area contributed by atoms with E-state index in [9.17, 15) is 14.9 Å². The Morgan fingerprint density at radius 1 is 1.06 bits per heavy atom. The van der Waals surface area contributed by atoms with Gasteiger partial charge >= 0.3 is 0 Å². The first kappa shape index (κ1) is 22.5. The van der Waals surface area contributed by atoms with Crippen molar-refractivity contribution in [2.24, 2.45) is 5.92 Å². The van der Waals surface area contributed by atoms with E-state index in [-0.39, 0.29) is 6.61 Å². The molecule has 0 spiro atoms. The molecule has 0 saturated carbocycles. The average molecular weight is 465 g/mol. The molecule has 33 heavy (non-hydrogen) atoms. The van der Waals surface area contributed by atoms with E-state index >= 15 is 0 Å². The van der Waals surface area contributed by atoms with Gasteiger partial charge in [-0.2, -0.15) is 5.26 Å². The highest BCUT2D eigenvalue weighted by atomic mass is 35.5. The SMILES string of the molecule is N#CC(C(=O)COc1ccc(Oc2cnc3cc(Cl)ccc3n2)cc1)C(=O)N1CCCCC1. The predicted molar refractivity (Wildman–Crippen MR) is 121 cm³/mol. The van der Waals surface area contributed by atoms with Crippen LogP contribution in [-0.2, 0) is 9.59 Å². The van der Waals surface area contributed by atoms with E-state index in [1.807, 2.05) is 6.07 Å². The quantitative estimate of drug-likeness (QED) is 0.483. The summed E-state index contributed by atoms with van der Waals surface area (Å²) in [6.07, 6.45) is 4.34. The molecule has 0 bridgehead atoms. The first-order valence-electron chi connectivity index (χ1n) is 10.6. The number of ketones is 1. The van der Waals surface area contributed by atoms with E-state index in [0.29, 0.717) is 46.5 Å². The summed E-state index contributed by atoms with van der Waals surface area (Å²) in [5.74, 6) is -1.09. The Hall–Kier alpha value is -3.70. The Morgan fingerprint density at radius 2 is 1.79 bits per heavy atom. The number of nitriles is 1. The maximum absolute atomic E-state index is 12.5. The molecule has 9 heteroatoms. The van der Waals surface area contributed by atoms with Gasteiger partial charge < -0.3 is 14.4 Å². The van der Waals surface area contributed by atoms with E-state index in [2.05, 4.69) is 9.97 Å². The third-order valence-corrected chi connectivity index (χ3v) is 5.51. The number of amides is 1. The molecule has 2 heterocycles.